The van der Waals surface area contributed by atoms with Crippen molar-refractivity contribution in [1.29, 1.82) is 0 Å². The number of benzene rings is 1. The van der Waals surface area contributed by atoms with Crippen LogP contribution in [-0.4, -0.2) is 63.7 Å². The second kappa shape index (κ2) is 9.13. The van der Waals surface area contributed by atoms with Gasteiger partial charge in [0.15, 0.2) is 0 Å². The molecule has 7 nitrogen and oxygen atoms in total. The van der Waals surface area contributed by atoms with E-state index in [0.717, 1.165) is 37.1 Å². The van der Waals surface area contributed by atoms with Gasteiger partial charge in [-0.3, -0.25) is 9.78 Å². The van der Waals surface area contributed by atoms with Crippen molar-refractivity contribution in [2.75, 3.05) is 25.5 Å². The number of pyridine rings is 1. The Hall–Kier alpha value is -3.33. The number of hydrogen-bond donors (Lipinski definition) is 2. The average Bonchev–Trinajstić information content (AvgIpc) is 3.48. The van der Waals surface area contributed by atoms with E-state index >= 15 is 0 Å². The van der Waals surface area contributed by atoms with Gasteiger partial charge in [-0.1, -0.05) is 0 Å². The number of carbonyl (C=O) groups excluding carboxylic acids is 1. The Morgan fingerprint density at radius 1 is 1.18 bits per heavy atom. The molecule has 9 heteroatoms. The van der Waals surface area contributed by atoms with E-state index in [-0.39, 0.29) is 17.6 Å². The van der Waals surface area contributed by atoms with Gasteiger partial charge >= 0.3 is 0 Å². The van der Waals surface area contributed by atoms with Gasteiger partial charge in [-0.15, -0.1) is 0 Å². The minimum absolute atomic E-state index is 0.0227. The number of rotatable bonds is 6. The summed E-state index contributed by atoms with van der Waals surface area (Å²) in [5.74, 6) is -0.938. The molecule has 1 aliphatic carbocycles. The molecule has 2 aliphatic rings. The predicted molar refractivity (Wildman–Crippen MR) is 126 cm³/mol. The van der Waals surface area contributed by atoms with Crippen LogP contribution in [0.25, 0.3) is 16.9 Å². The highest BCUT2D eigenvalue weighted by Gasteiger charge is 2.28. The van der Waals surface area contributed by atoms with Crippen molar-refractivity contribution < 1.29 is 13.6 Å². The number of aryl methyl sites for hydroxylation is 1. The number of halogens is 2. The van der Waals surface area contributed by atoms with Gasteiger partial charge in [0.1, 0.15) is 12.0 Å². The maximum Gasteiger partial charge on any atom is 0.254 e. The number of aromatic nitrogens is 3. The minimum Gasteiger partial charge on any atom is -0.378 e. The number of anilines is 1. The number of nitrogens with zero attached hydrogens (tertiary/aromatic N) is 4. The molecule has 34 heavy (non-hydrogen) atoms. The zero-order valence-electron chi connectivity index (χ0n) is 19.3. The zero-order chi connectivity index (χ0) is 23.8. The van der Waals surface area contributed by atoms with E-state index in [2.05, 4.69) is 20.6 Å². The van der Waals surface area contributed by atoms with Gasteiger partial charge in [-0.2, -0.15) is 0 Å². The third-order valence-electron chi connectivity index (χ3n) is 6.43. The lowest BCUT2D eigenvalue weighted by atomic mass is 10.0. The molecule has 5 rings (SSSR count). The Morgan fingerprint density at radius 2 is 2.00 bits per heavy atom. The van der Waals surface area contributed by atoms with Crippen LogP contribution < -0.4 is 10.6 Å². The SMILES string of the molecule is Cc1cc(F)c(C(=O)NC2CC2)cc1-n1cnc(-c2cncc(NC3CCN(C)CC3F)c2)c1. The molecule has 0 bridgehead atoms. The monoisotopic (exact) mass is 466 g/mol. The summed E-state index contributed by atoms with van der Waals surface area (Å²) in [5.41, 5.74) is 3.57. The van der Waals surface area contributed by atoms with Crippen LogP contribution in [0.5, 0.6) is 0 Å². The number of hydrogen-bond acceptors (Lipinski definition) is 5. The summed E-state index contributed by atoms with van der Waals surface area (Å²) in [6, 6.07) is 4.72. The molecule has 2 N–H and O–H groups in total. The Morgan fingerprint density at radius 3 is 2.76 bits per heavy atom. The van der Waals surface area contributed by atoms with E-state index in [4.69, 9.17) is 0 Å². The smallest absolute Gasteiger partial charge is 0.254 e. The first-order valence-corrected chi connectivity index (χ1v) is 11.6. The van der Waals surface area contributed by atoms with E-state index in [1.165, 1.54) is 6.07 Å². The van der Waals surface area contributed by atoms with E-state index in [1.807, 2.05) is 24.2 Å². The predicted octanol–water partition coefficient (Wildman–Crippen LogP) is 3.73. The highest BCUT2D eigenvalue weighted by atomic mass is 19.1. The number of carbonyl (C=O) groups is 1. The quantitative estimate of drug-likeness (QED) is 0.579. The summed E-state index contributed by atoms with van der Waals surface area (Å²) in [6.45, 7) is 3.04. The van der Waals surface area contributed by atoms with Crippen LogP contribution in [0.4, 0.5) is 14.5 Å². The van der Waals surface area contributed by atoms with Gasteiger partial charge in [-0.05, 0) is 57.0 Å². The van der Waals surface area contributed by atoms with Crippen LogP contribution in [0.3, 0.4) is 0 Å². The van der Waals surface area contributed by atoms with Crippen molar-refractivity contribution in [2.24, 2.45) is 0 Å². The molecule has 2 atom stereocenters. The highest BCUT2D eigenvalue weighted by Crippen LogP contribution is 2.26. The van der Waals surface area contributed by atoms with Gasteiger partial charge in [0, 0.05) is 43.3 Å². The summed E-state index contributed by atoms with van der Waals surface area (Å²) >= 11 is 0. The molecule has 1 amide bonds. The second-order valence-electron chi connectivity index (χ2n) is 9.31. The van der Waals surface area contributed by atoms with E-state index < -0.39 is 17.9 Å². The third-order valence-corrected chi connectivity index (χ3v) is 6.43. The Kier molecular flexibility index (Phi) is 6.03. The van der Waals surface area contributed by atoms with Crippen molar-refractivity contribution in [3.8, 4) is 16.9 Å². The molecule has 1 aliphatic heterocycles. The number of nitrogens with one attached hydrogen (secondary N) is 2. The average molecular weight is 467 g/mol. The van der Waals surface area contributed by atoms with Crippen molar-refractivity contribution >= 4 is 11.6 Å². The van der Waals surface area contributed by atoms with Gasteiger partial charge in [0.2, 0.25) is 0 Å². The second-order valence-corrected chi connectivity index (χ2v) is 9.31. The van der Waals surface area contributed by atoms with Crippen molar-refractivity contribution in [2.45, 2.75) is 44.4 Å². The van der Waals surface area contributed by atoms with Crippen molar-refractivity contribution in [1.82, 2.24) is 24.8 Å². The summed E-state index contributed by atoms with van der Waals surface area (Å²) in [6.07, 6.45) is 8.47. The van der Waals surface area contributed by atoms with Crippen LogP contribution in [-0.2, 0) is 0 Å². The van der Waals surface area contributed by atoms with E-state index in [0.29, 0.717) is 23.5 Å². The van der Waals surface area contributed by atoms with Crippen LogP contribution in [0.2, 0.25) is 0 Å². The summed E-state index contributed by atoms with van der Waals surface area (Å²) in [5, 5.41) is 6.11. The highest BCUT2D eigenvalue weighted by molar-refractivity contribution is 5.95. The lowest BCUT2D eigenvalue weighted by Gasteiger charge is -2.33. The fourth-order valence-corrected chi connectivity index (χ4v) is 4.30. The van der Waals surface area contributed by atoms with Gasteiger partial charge in [0.05, 0.1) is 35.0 Å². The van der Waals surface area contributed by atoms with Gasteiger partial charge in [-0.25, -0.2) is 13.8 Å². The summed E-state index contributed by atoms with van der Waals surface area (Å²) in [7, 11) is 1.92. The maximum atomic E-state index is 14.5. The zero-order valence-corrected chi connectivity index (χ0v) is 19.3. The number of amides is 1. The number of likely N-dealkylation sites (tertiary alicyclic amines) is 1. The molecule has 3 heterocycles. The van der Waals surface area contributed by atoms with Crippen LogP contribution in [0.1, 0.15) is 35.2 Å². The molecule has 3 aromatic rings. The molecule has 2 aromatic heterocycles. The lowest BCUT2D eigenvalue weighted by Crippen LogP contribution is -2.46. The first kappa shape index (κ1) is 22.5. The Bertz CT molecular complexity index is 1210. The topological polar surface area (TPSA) is 75.1 Å². The molecule has 1 saturated carbocycles. The fourth-order valence-electron chi connectivity index (χ4n) is 4.30. The number of alkyl halides is 1. The molecular formula is C25H28F2N6O. The molecular weight excluding hydrogens is 438 g/mol. The first-order chi connectivity index (χ1) is 16.4. The molecule has 0 spiro atoms. The van der Waals surface area contributed by atoms with E-state index in [9.17, 15) is 13.6 Å². The van der Waals surface area contributed by atoms with Crippen LogP contribution >= 0.6 is 0 Å². The first-order valence-electron chi connectivity index (χ1n) is 11.6. The standard InChI is InChI=1S/C25H28F2N6O/c1-15-7-20(26)19(25(34)31-17-3-4-17)9-24(15)33-13-23(29-14-33)16-8-18(11-28-10-16)30-22-5-6-32(2)12-21(22)27/h7-11,13-14,17,21-22,30H,3-6,12H2,1-2H3,(H,31,34). The minimum atomic E-state index is -0.950. The Balaban J connectivity index is 1.37. The fraction of sp³-hybridized carbons (Fsp3) is 0.400. The maximum absolute atomic E-state index is 14.5. The summed E-state index contributed by atoms with van der Waals surface area (Å²) in [4.78, 5) is 23.2. The molecule has 0 radical (unpaired) electrons. The van der Waals surface area contributed by atoms with Crippen LogP contribution in [0.15, 0.2) is 43.1 Å². The summed E-state index contributed by atoms with van der Waals surface area (Å²) < 4.78 is 30.7. The third kappa shape index (κ3) is 4.79. The molecule has 1 saturated heterocycles. The normalized spacial score (nSPS) is 20.8. The lowest BCUT2D eigenvalue weighted by molar-refractivity contribution is 0.0947. The number of piperidine rings is 1. The van der Waals surface area contributed by atoms with Crippen molar-refractivity contribution in [3.05, 3.63) is 60.1 Å². The van der Waals surface area contributed by atoms with Gasteiger partial charge < -0.3 is 20.1 Å². The molecule has 178 valence electrons. The molecule has 2 unspecified atom stereocenters. The largest absolute Gasteiger partial charge is 0.378 e. The number of imidazole rings is 1. The Labute approximate surface area is 197 Å². The molecule has 1 aromatic carbocycles. The van der Waals surface area contributed by atoms with Gasteiger partial charge in [0.25, 0.3) is 5.91 Å². The molecule has 2 fully saturated rings. The van der Waals surface area contributed by atoms with E-state index in [1.54, 1.807) is 36.3 Å². The van der Waals surface area contributed by atoms with Crippen LogP contribution in [0, 0.1) is 12.7 Å². The van der Waals surface area contributed by atoms with Crippen molar-refractivity contribution in [3.63, 3.8) is 0 Å².